The smallest absolute Gasteiger partial charge is 0.257 e. The van der Waals surface area contributed by atoms with Gasteiger partial charge in [-0.15, -0.1) is 0 Å². The minimum absolute atomic E-state index is 0.0435. The molecule has 4 rings (SSSR count). The van der Waals surface area contributed by atoms with Gasteiger partial charge >= 0.3 is 0 Å². The zero-order valence-electron chi connectivity index (χ0n) is 18.1. The number of halogens is 1. The molecule has 0 bridgehead atoms. The van der Waals surface area contributed by atoms with Crippen LogP contribution in [0.1, 0.15) is 22.8 Å². The first kappa shape index (κ1) is 22.7. The van der Waals surface area contributed by atoms with Gasteiger partial charge < -0.3 is 19.9 Å². The summed E-state index contributed by atoms with van der Waals surface area (Å²) in [5, 5.41) is 16.5. The average molecular weight is 475 g/mol. The molecule has 0 radical (unpaired) electrons. The van der Waals surface area contributed by atoms with Crippen molar-refractivity contribution >= 4 is 21.6 Å². The van der Waals surface area contributed by atoms with E-state index in [1.165, 1.54) is 22.9 Å². The number of aromatic nitrogens is 2. The van der Waals surface area contributed by atoms with Crippen molar-refractivity contribution in [2.24, 2.45) is 7.05 Å². The highest BCUT2D eigenvalue weighted by molar-refractivity contribution is 7.90. The number of aryl methyl sites for hydroxylation is 1. The molecule has 2 aromatic carbocycles. The number of carbonyl (C=O) groups excluding carboxylic acids is 1. The fraction of sp³-hybridized carbons (Fsp3) is 0.273. The lowest BCUT2D eigenvalue weighted by Crippen LogP contribution is -2.34. The molecule has 1 amide bonds. The average Bonchev–Trinajstić information content (AvgIpc) is 3.29. The summed E-state index contributed by atoms with van der Waals surface area (Å²) >= 11 is 0. The van der Waals surface area contributed by atoms with Crippen molar-refractivity contribution in [3.05, 3.63) is 59.5 Å². The number of amides is 1. The maximum Gasteiger partial charge on any atom is 0.257 e. The molecule has 3 aromatic rings. The summed E-state index contributed by atoms with van der Waals surface area (Å²) in [7, 11) is -2.02. The molecule has 2 N–H and O–H groups in total. The van der Waals surface area contributed by atoms with Gasteiger partial charge in [0, 0.05) is 49.2 Å². The minimum atomic E-state index is -3.74. The van der Waals surface area contributed by atoms with Gasteiger partial charge in [0.15, 0.2) is 15.7 Å². The van der Waals surface area contributed by atoms with E-state index in [0.29, 0.717) is 23.6 Å². The number of hydrogen-bond donors (Lipinski definition) is 2. The van der Waals surface area contributed by atoms with Gasteiger partial charge in [0.1, 0.15) is 33.6 Å². The number of nitrogens with zero attached hydrogens (tertiary/aromatic N) is 2. The number of nitrogens with one attached hydrogen (secondary N) is 1. The number of aliphatic hydroxyl groups excluding tert-OH is 1. The van der Waals surface area contributed by atoms with Gasteiger partial charge in [-0.05, 0) is 31.2 Å². The monoisotopic (exact) mass is 475 g/mol. The van der Waals surface area contributed by atoms with E-state index in [0.717, 1.165) is 18.4 Å². The number of aliphatic hydroxyl groups is 1. The maximum absolute atomic E-state index is 14.4. The third-order valence-corrected chi connectivity index (χ3v) is 6.29. The quantitative estimate of drug-likeness (QED) is 0.562. The molecule has 0 saturated carbocycles. The number of sulfone groups is 1. The van der Waals surface area contributed by atoms with Crippen molar-refractivity contribution in [2.75, 3.05) is 18.2 Å². The van der Waals surface area contributed by atoms with Crippen LogP contribution >= 0.6 is 0 Å². The number of ether oxygens (including phenoxy) is 2. The summed E-state index contributed by atoms with van der Waals surface area (Å²) in [5.74, 6) is -0.453. The standard InChI is InChI=1S/C22H22FN3O6S/c1-22(12-27)11-15-17(31-14-4-5-19(16(23)10-14)33(3,29)30)8-13(9-18(15)32-22)21(28)24-20-6-7-26(2)25-20/h4-10,27H,11-12H2,1-3H3,(H,24,25,28). The van der Waals surface area contributed by atoms with Crippen molar-refractivity contribution < 1.29 is 32.2 Å². The number of anilines is 1. The van der Waals surface area contributed by atoms with Crippen LogP contribution in [0, 0.1) is 5.82 Å². The highest BCUT2D eigenvalue weighted by atomic mass is 32.2. The number of fused-ring (bicyclic) bond motifs is 1. The zero-order valence-corrected chi connectivity index (χ0v) is 18.9. The fourth-order valence-corrected chi connectivity index (χ4v) is 4.24. The second kappa shape index (κ2) is 8.16. The Morgan fingerprint density at radius 2 is 2.09 bits per heavy atom. The normalized spacial score (nSPS) is 17.4. The SMILES string of the molecule is Cn1ccc(NC(=O)c2cc(Oc3ccc(S(C)(=O)=O)c(F)c3)c3c(c2)OC(C)(CO)C3)n1. The van der Waals surface area contributed by atoms with Gasteiger partial charge in [0.25, 0.3) is 5.91 Å². The van der Waals surface area contributed by atoms with E-state index in [9.17, 15) is 22.7 Å². The van der Waals surface area contributed by atoms with Crippen molar-refractivity contribution in [2.45, 2.75) is 23.8 Å². The third kappa shape index (κ3) is 4.69. The Labute approximate surface area is 189 Å². The van der Waals surface area contributed by atoms with Crippen LogP contribution in [-0.4, -0.2) is 47.7 Å². The molecule has 1 aliphatic heterocycles. The molecule has 9 nitrogen and oxygen atoms in total. The number of benzene rings is 2. The van der Waals surface area contributed by atoms with E-state index >= 15 is 0 Å². The minimum Gasteiger partial charge on any atom is -0.484 e. The van der Waals surface area contributed by atoms with Gasteiger partial charge in [-0.1, -0.05) is 0 Å². The molecular weight excluding hydrogens is 453 g/mol. The summed E-state index contributed by atoms with van der Waals surface area (Å²) in [4.78, 5) is 12.4. The highest BCUT2D eigenvalue weighted by Gasteiger charge is 2.37. The number of rotatable bonds is 6. The third-order valence-electron chi connectivity index (χ3n) is 5.16. The van der Waals surface area contributed by atoms with Crippen LogP contribution in [0.25, 0.3) is 0 Å². The van der Waals surface area contributed by atoms with E-state index in [-0.39, 0.29) is 23.7 Å². The summed E-state index contributed by atoms with van der Waals surface area (Å²) in [6.45, 7) is 1.44. The Balaban J connectivity index is 1.71. The first-order valence-corrected chi connectivity index (χ1v) is 11.8. The Hall–Kier alpha value is -3.44. The topological polar surface area (TPSA) is 120 Å². The van der Waals surface area contributed by atoms with Crippen molar-refractivity contribution in [3.8, 4) is 17.2 Å². The Morgan fingerprint density at radius 3 is 2.70 bits per heavy atom. The summed E-state index contributed by atoms with van der Waals surface area (Å²) in [6.07, 6.45) is 2.88. The molecule has 1 aromatic heterocycles. The van der Waals surface area contributed by atoms with Crippen LogP contribution in [-0.2, 0) is 23.3 Å². The van der Waals surface area contributed by atoms with Gasteiger partial charge in [0.05, 0.1) is 6.61 Å². The summed E-state index contributed by atoms with van der Waals surface area (Å²) < 4.78 is 51.0. The molecule has 0 spiro atoms. The Bertz CT molecular complexity index is 1350. The molecule has 1 unspecified atom stereocenters. The molecule has 0 fully saturated rings. The fourth-order valence-electron chi connectivity index (χ4n) is 3.51. The number of hydrogen-bond acceptors (Lipinski definition) is 7. The summed E-state index contributed by atoms with van der Waals surface area (Å²) in [6, 6.07) is 8.05. The van der Waals surface area contributed by atoms with Gasteiger partial charge in [-0.3, -0.25) is 9.48 Å². The lowest BCUT2D eigenvalue weighted by atomic mass is 9.98. The Morgan fingerprint density at radius 1 is 1.33 bits per heavy atom. The van der Waals surface area contributed by atoms with Crippen LogP contribution in [0.5, 0.6) is 17.2 Å². The molecule has 0 aliphatic carbocycles. The predicted octanol–water partition coefficient (Wildman–Crippen LogP) is 2.69. The summed E-state index contributed by atoms with van der Waals surface area (Å²) in [5.41, 5.74) is -0.125. The van der Waals surface area contributed by atoms with Crippen LogP contribution < -0.4 is 14.8 Å². The first-order valence-electron chi connectivity index (χ1n) is 9.93. The second-order valence-electron chi connectivity index (χ2n) is 8.13. The Kier molecular flexibility index (Phi) is 5.62. The van der Waals surface area contributed by atoms with Crippen molar-refractivity contribution in [1.82, 2.24) is 9.78 Å². The van der Waals surface area contributed by atoms with Crippen LogP contribution in [0.3, 0.4) is 0 Å². The molecule has 174 valence electrons. The lowest BCUT2D eigenvalue weighted by Gasteiger charge is -2.20. The molecular formula is C22H22FN3O6S. The molecule has 0 saturated heterocycles. The highest BCUT2D eigenvalue weighted by Crippen LogP contribution is 2.43. The van der Waals surface area contributed by atoms with Crippen LogP contribution in [0.2, 0.25) is 0 Å². The van der Waals surface area contributed by atoms with E-state index in [1.807, 2.05) is 0 Å². The van der Waals surface area contributed by atoms with Crippen molar-refractivity contribution in [3.63, 3.8) is 0 Å². The van der Waals surface area contributed by atoms with Gasteiger partial charge in [-0.25, -0.2) is 12.8 Å². The van der Waals surface area contributed by atoms with E-state index in [2.05, 4.69) is 10.4 Å². The maximum atomic E-state index is 14.4. The number of carbonyl (C=O) groups is 1. The van der Waals surface area contributed by atoms with Crippen molar-refractivity contribution in [1.29, 1.82) is 0 Å². The van der Waals surface area contributed by atoms with Gasteiger partial charge in [0.2, 0.25) is 0 Å². The van der Waals surface area contributed by atoms with E-state index in [1.54, 1.807) is 26.2 Å². The molecule has 11 heteroatoms. The molecule has 1 aliphatic rings. The largest absolute Gasteiger partial charge is 0.484 e. The lowest BCUT2D eigenvalue weighted by molar-refractivity contribution is 0.0445. The molecule has 2 heterocycles. The van der Waals surface area contributed by atoms with Crippen LogP contribution in [0.4, 0.5) is 10.2 Å². The molecule has 33 heavy (non-hydrogen) atoms. The van der Waals surface area contributed by atoms with E-state index in [4.69, 9.17) is 9.47 Å². The predicted molar refractivity (Wildman–Crippen MR) is 117 cm³/mol. The van der Waals surface area contributed by atoms with E-state index < -0.39 is 32.1 Å². The second-order valence-corrected chi connectivity index (χ2v) is 10.1. The molecule has 1 atom stereocenters. The zero-order chi connectivity index (χ0) is 24.0. The first-order chi connectivity index (χ1) is 15.5. The van der Waals surface area contributed by atoms with Gasteiger partial charge in [-0.2, -0.15) is 5.10 Å². The van der Waals surface area contributed by atoms with Crippen LogP contribution in [0.15, 0.2) is 47.5 Å².